The maximum Gasteiger partial charge on any atom is 0.305 e. The molecule has 0 aromatic heterocycles. The average Bonchev–Trinajstić information content (AvgIpc) is 2.27. The van der Waals surface area contributed by atoms with Crippen LogP contribution in [0.15, 0.2) is 0 Å². The van der Waals surface area contributed by atoms with Crippen LogP contribution in [0.3, 0.4) is 0 Å². The molecule has 1 fully saturated rings. The summed E-state index contributed by atoms with van der Waals surface area (Å²) in [4.78, 5) is 22.7. The van der Waals surface area contributed by atoms with Gasteiger partial charge in [0.15, 0.2) is 0 Å². The fraction of sp³-hybridized carbons (Fsp3) is 0.833. The number of carboxylic acid groups (broad SMARTS) is 1. The first-order valence-electron chi connectivity index (χ1n) is 6.06. The van der Waals surface area contributed by atoms with E-state index in [9.17, 15) is 9.59 Å². The number of hydrogen-bond donors (Lipinski definition) is 2. The third-order valence-corrected chi connectivity index (χ3v) is 3.41. The Morgan fingerprint density at radius 2 is 1.94 bits per heavy atom. The molecule has 0 radical (unpaired) electrons. The Balaban J connectivity index is 2.69. The smallest absolute Gasteiger partial charge is 0.305 e. The minimum atomic E-state index is -0.864. The largest absolute Gasteiger partial charge is 0.481 e. The molecule has 17 heavy (non-hydrogen) atoms. The van der Waals surface area contributed by atoms with Crippen LogP contribution >= 0.6 is 0 Å². The molecule has 1 atom stereocenters. The van der Waals surface area contributed by atoms with Crippen LogP contribution in [-0.4, -0.2) is 35.7 Å². The van der Waals surface area contributed by atoms with Crippen LogP contribution in [-0.2, 0) is 14.3 Å². The van der Waals surface area contributed by atoms with Crippen molar-refractivity contribution in [3.8, 4) is 0 Å². The summed E-state index contributed by atoms with van der Waals surface area (Å²) in [6.07, 6.45) is 3.97. The van der Waals surface area contributed by atoms with Gasteiger partial charge in [0.05, 0.1) is 12.0 Å². The van der Waals surface area contributed by atoms with Crippen molar-refractivity contribution in [1.82, 2.24) is 5.32 Å². The molecular weight excluding hydrogens is 222 g/mol. The molecule has 98 valence electrons. The number of aliphatic carboxylic acids is 1. The topological polar surface area (TPSA) is 75.6 Å². The minimum absolute atomic E-state index is 0.00479. The summed E-state index contributed by atoms with van der Waals surface area (Å²) < 4.78 is 4.94. The highest BCUT2D eigenvalue weighted by molar-refractivity contribution is 5.82. The summed E-state index contributed by atoms with van der Waals surface area (Å²) in [6, 6.07) is 0. The van der Waals surface area contributed by atoms with E-state index in [0.717, 1.165) is 32.1 Å². The van der Waals surface area contributed by atoms with Crippen molar-refractivity contribution in [3.05, 3.63) is 0 Å². The molecule has 0 bridgehead atoms. The predicted octanol–water partition coefficient (Wildman–Crippen LogP) is 1.32. The number of rotatable bonds is 5. The molecule has 0 heterocycles. The Bertz CT molecular complexity index is 284. The summed E-state index contributed by atoms with van der Waals surface area (Å²) in [5.41, 5.74) is -0.575. The van der Waals surface area contributed by atoms with Gasteiger partial charge in [-0.2, -0.15) is 0 Å². The van der Waals surface area contributed by atoms with Gasteiger partial charge in [-0.1, -0.05) is 19.3 Å². The lowest BCUT2D eigenvalue weighted by molar-refractivity contribution is -0.140. The van der Waals surface area contributed by atoms with Crippen molar-refractivity contribution in [3.63, 3.8) is 0 Å². The summed E-state index contributed by atoms with van der Waals surface area (Å²) in [5.74, 6) is -1.09. The van der Waals surface area contributed by atoms with Crippen LogP contribution in [0.4, 0.5) is 0 Å². The van der Waals surface area contributed by atoms with Crippen molar-refractivity contribution < 1.29 is 19.4 Å². The molecule has 1 aliphatic rings. The van der Waals surface area contributed by atoms with Gasteiger partial charge >= 0.3 is 5.97 Å². The SMILES string of the molecule is COC(C)C(=O)NC1(CC(=O)O)CCCCC1. The van der Waals surface area contributed by atoms with Gasteiger partial charge < -0.3 is 15.2 Å². The van der Waals surface area contributed by atoms with Crippen LogP contribution in [0.1, 0.15) is 45.4 Å². The maximum atomic E-state index is 11.8. The molecule has 1 rings (SSSR count). The van der Waals surface area contributed by atoms with Gasteiger partial charge in [0.25, 0.3) is 0 Å². The Hall–Kier alpha value is -1.10. The van der Waals surface area contributed by atoms with E-state index in [4.69, 9.17) is 9.84 Å². The van der Waals surface area contributed by atoms with E-state index in [1.54, 1.807) is 6.92 Å². The average molecular weight is 243 g/mol. The van der Waals surface area contributed by atoms with Gasteiger partial charge in [-0.3, -0.25) is 9.59 Å². The van der Waals surface area contributed by atoms with Gasteiger partial charge in [0, 0.05) is 7.11 Å². The molecule has 1 unspecified atom stereocenters. The maximum absolute atomic E-state index is 11.8. The second-order valence-corrected chi connectivity index (χ2v) is 4.78. The van der Waals surface area contributed by atoms with Crippen molar-refractivity contribution in [2.75, 3.05) is 7.11 Å². The number of carbonyl (C=O) groups excluding carboxylic acids is 1. The molecular formula is C12H21NO4. The molecule has 2 N–H and O–H groups in total. The Labute approximate surface area is 102 Å². The lowest BCUT2D eigenvalue weighted by Crippen LogP contribution is -2.53. The highest BCUT2D eigenvalue weighted by Gasteiger charge is 2.36. The van der Waals surface area contributed by atoms with Crippen molar-refractivity contribution in [1.29, 1.82) is 0 Å². The fourth-order valence-electron chi connectivity index (χ4n) is 2.33. The summed E-state index contributed by atoms with van der Waals surface area (Å²) in [6.45, 7) is 1.66. The third-order valence-electron chi connectivity index (χ3n) is 3.41. The molecule has 1 amide bonds. The van der Waals surface area contributed by atoms with E-state index < -0.39 is 17.6 Å². The standard InChI is InChI=1S/C12H21NO4/c1-9(17-2)11(16)13-12(8-10(14)15)6-4-3-5-7-12/h9H,3-8H2,1-2H3,(H,13,16)(H,14,15). The van der Waals surface area contributed by atoms with Gasteiger partial charge in [-0.05, 0) is 19.8 Å². The zero-order valence-electron chi connectivity index (χ0n) is 10.5. The lowest BCUT2D eigenvalue weighted by Gasteiger charge is -2.37. The molecule has 1 aliphatic carbocycles. The Morgan fingerprint density at radius 3 is 2.41 bits per heavy atom. The normalized spacial score (nSPS) is 20.6. The number of carbonyl (C=O) groups is 2. The predicted molar refractivity (Wildman–Crippen MR) is 62.7 cm³/mol. The van der Waals surface area contributed by atoms with Crippen LogP contribution in [0, 0.1) is 0 Å². The third kappa shape index (κ3) is 4.00. The van der Waals surface area contributed by atoms with E-state index in [2.05, 4.69) is 5.32 Å². The van der Waals surface area contributed by atoms with Gasteiger partial charge in [-0.25, -0.2) is 0 Å². The van der Waals surface area contributed by atoms with Gasteiger partial charge in [0.1, 0.15) is 6.10 Å². The second kappa shape index (κ2) is 6.00. The first kappa shape index (κ1) is 14.0. The van der Waals surface area contributed by atoms with Gasteiger partial charge in [0.2, 0.25) is 5.91 Å². The number of nitrogens with one attached hydrogen (secondary N) is 1. The van der Waals surface area contributed by atoms with Crippen molar-refractivity contribution >= 4 is 11.9 Å². The van der Waals surface area contributed by atoms with Crippen LogP contribution in [0.25, 0.3) is 0 Å². The molecule has 0 aliphatic heterocycles. The summed E-state index contributed by atoms with van der Waals surface area (Å²) in [7, 11) is 1.47. The van der Waals surface area contributed by atoms with E-state index >= 15 is 0 Å². The monoisotopic (exact) mass is 243 g/mol. The number of amides is 1. The first-order chi connectivity index (χ1) is 7.99. The fourth-order valence-corrected chi connectivity index (χ4v) is 2.33. The Morgan fingerprint density at radius 1 is 1.35 bits per heavy atom. The number of carboxylic acids is 1. The number of hydrogen-bond acceptors (Lipinski definition) is 3. The van der Waals surface area contributed by atoms with Crippen LogP contribution in [0.2, 0.25) is 0 Å². The van der Waals surface area contributed by atoms with Crippen molar-refractivity contribution in [2.45, 2.75) is 57.1 Å². The number of ether oxygens (including phenoxy) is 1. The highest BCUT2D eigenvalue weighted by atomic mass is 16.5. The molecule has 0 aromatic rings. The zero-order chi connectivity index (χ0) is 12.9. The summed E-state index contributed by atoms with van der Waals surface area (Å²) in [5, 5.41) is 11.8. The quantitative estimate of drug-likeness (QED) is 0.763. The second-order valence-electron chi connectivity index (χ2n) is 4.78. The molecule has 0 aromatic carbocycles. The van der Waals surface area contributed by atoms with Gasteiger partial charge in [-0.15, -0.1) is 0 Å². The van der Waals surface area contributed by atoms with Crippen LogP contribution < -0.4 is 5.32 Å². The Kier molecular flexibility index (Phi) is 4.93. The number of methoxy groups -OCH3 is 1. The molecule has 1 saturated carbocycles. The van der Waals surface area contributed by atoms with E-state index in [1.807, 2.05) is 0 Å². The van der Waals surface area contributed by atoms with E-state index in [0.29, 0.717) is 0 Å². The van der Waals surface area contributed by atoms with E-state index in [-0.39, 0.29) is 12.3 Å². The molecule has 5 nitrogen and oxygen atoms in total. The highest BCUT2D eigenvalue weighted by Crippen LogP contribution is 2.31. The molecule has 0 saturated heterocycles. The molecule has 0 spiro atoms. The van der Waals surface area contributed by atoms with E-state index in [1.165, 1.54) is 7.11 Å². The van der Waals surface area contributed by atoms with Crippen molar-refractivity contribution in [2.24, 2.45) is 0 Å². The molecule has 5 heteroatoms. The lowest BCUT2D eigenvalue weighted by atomic mass is 9.79. The van der Waals surface area contributed by atoms with Crippen LogP contribution in [0.5, 0.6) is 0 Å². The summed E-state index contributed by atoms with van der Waals surface area (Å²) >= 11 is 0. The zero-order valence-corrected chi connectivity index (χ0v) is 10.5. The first-order valence-corrected chi connectivity index (χ1v) is 6.06. The minimum Gasteiger partial charge on any atom is -0.481 e.